The Hall–Kier alpha value is -1.35. The summed E-state index contributed by atoms with van der Waals surface area (Å²) in [6.45, 7) is 10.6. The largest absolute Gasteiger partial charge is 0.319 e. The summed E-state index contributed by atoms with van der Waals surface area (Å²) in [7, 11) is 0. The maximum Gasteiger partial charge on any atom is 0.244 e. The number of aryl methyl sites for hydroxylation is 1. The molecule has 3 nitrogen and oxygen atoms in total. The summed E-state index contributed by atoms with van der Waals surface area (Å²) < 4.78 is 0. The molecule has 3 atom stereocenters. The third kappa shape index (κ3) is 2.84. The van der Waals surface area contributed by atoms with Gasteiger partial charge in [0.05, 0.1) is 5.54 Å². The first-order chi connectivity index (χ1) is 9.94. The van der Waals surface area contributed by atoms with Crippen molar-refractivity contribution in [2.24, 2.45) is 0 Å². The molecule has 1 N–H and O–H groups in total. The number of carbonyl (C=O) groups excluding carboxylic acids is 1. The van der Waals surface area contributed by atoms with Crippen LogP contribution in [-0.2, 0) is 4.79 Å². The molecule has 0 radical (unpaired) electrons. The van der Waals surface area contributed by atoms with E-state index < -0.39 is 5.54 Å². The van der Waals surface area contributed by atoms with E-state index >= 15 is 0 Å². The highest BCUT2D eigenvalue weighted by Gasteiger charge is 2.48. The third-order valence-electron chi connectivity index (χ3n) is 4.81. The van der Waals surface area contributed by atoms with Crippen molar-refractivity contribution in [1.82, 2.24) is 10.2 Å². The van der Waals surface area contributed by atoms with Crippen molar-refractivity contribution < 1.29 is 4.79 Å². The van der Waals surface area contributed by atoms with Crippen LogP contribution in [-0.4, -0.2) is 22.4 Å². The molecule has 1 amide bonds. The molecule has 21 heavy (non-hydrogen) atoms. The molecule has 1 aliphatic heterocycles. The Bertz CT molecular complexity index is 514. The van der Waals surface area contributed by atoms with Crippen LogP contribution in [0.4, 0.5) is 0 Å². The number of amides is 1. The zero-order valence-corrected chi connectivity index (χ0v) is 13.9. The Balaban J connectivity index is 2.42. The summed E-state index contributed by atoms with van der Waals surface area (Å²) in [4.78, 5) is 15.0. The Labute approximate surface area is 128 Å². The molecular formula is C18H28N2O. The second-order valence-corrected chi connectivity index (χ2v) is 6.44. The van der Waals surface area contributed by atoms with Gasteiger partial charge in [0.1, 0.15) is 6.17 Å². The minimum atomic E-state index is -0.449. The average Bonchev–Trinajstić information content (AvgIpc) is 2.73. The number of hydrogen-bond acceptors (Lipinski definition) is 2. The lowest BCUT2D eigenvalue weighted by molar-refractivity contribution is -0.135. The van der Waals surface area contributed by atoms with Gasteiger partial charge < -0.3 is 4.90 Å². The zero-order chi connectivity index (χ0) is 15.6. The summed E-state index contributed by atoms with van der Waals surface area (Å²) in [5, 5.41) is 3.59. The summed E-state index contributed by atoms with van der Waals surface area (Å²) in [5.74, 6) is 0.235. The second kappa shape index (κ2) is 6.18. The van der Waals surface area contributed by atoms with E-state index in [9.17, 15) is 4.79 Å². The molecule has 0 saturated carbocycles. The quantitative estimate of drug-likeness (QED) is 0.894. The van der Waals surface area contributed by atoms with Gasteiger partial charge in [-0.1, -0.05) is 44.5 Å². The topological polar surface area (TPSA) is 32.3 Å². The number of nitrogens with zero attached hydrogens (tertiary/aromatic N) is 1. The minimum Gasteiger partial charge on any atom is -0.319 e. The fourth-order valence-electron chi connectivity index (χ4n) is 3.22. The molecule has 1 saturated heterocycles. The zero-order valence-electron chi connectivity index (χ0n) is 13.9. The van der Waals surface area contributed by atoms with E-state index in [-0.39, 0.29) is 18.1 Å². The summed E-state index contributed by atoms with van der Waals surface area (Å²) in [6.07, 6.45) is 2.93. The first kappa shape index (κ1) is 16.0. The van der Waals surface area contributed by atoms with Crippen LogP contribution in [0.3, 0.4) is 0 Å². The second-order valence-electron chi connectivity index (χ2n) is 6.44. The Morgan fingerprint density at radius 2 is 2.00 bits per heavy atom. The van der Waals surface area contributed by atoms with E-state index in [4.69, 9.17) is 0 Å². The van der Waals surface area contributed by atoms with Gasteiger partial charge in [-0.05, 0) is 44.7 Å². The molecule has 3 heteroatoms. The molecule has 1 aromatic carbocycles. The van der Waals surface area contributed by atoms with Crippen LogP contribution in [0.15, 0.2) is 24.3 Å². The normalized spacial score (nSPS) is 27.2. The Morgan fingerprint density at radius 1 is 1.33 bits per heavy atom. The highest BCUT2D eigenvalue weighted by atomic mass is 16.2. The Morgan fingerprint density at radius 3 is 2.57 bits per heavy atom. The van der Waals surface area contributed by atoms with Crippen LogP contribution in [0.25, 0.3) is 0 Å². The molecule has 0 spiro atoms. The Kier molecular flexibility index (Phi) is 4.72. The molecule has 116 valence electrons. The van der Waals surface area contributed by atoms with E-state index in [1.807, 2.05) is 6.92 Å². The highest BCUT2D eigenvalue weighted by Crippen LogP contribution is 2.36. The van der Waals surface area contributed by atoms with Gasteiger partial charge in [-0.15, -0.1) is 0 Å². The van der Waals surface area contributed by atoms with Crippen molar-refractivity contribution >= 4 is 5.91 Å². The van der Waals surface area contributed by atoms with Crippen molar-refractivity contribution in [3.05, 3.63) is 35.4 Å². The van der Waals surface area contributed by atoms with E-state index in [2.05, 4.69) is 62.2 Å². The van der Waals surface area contributed by atoms with Gasteiger partial charge in [0.2, 0.25) is 5.91 Å². The monoisotopic (exact) mass is 288 g/mol. The highest BCUT2D eigenvalue weighted by molar-refractivity contribution is 5.89. The van der Waals surface area contributed by atoms with E-state index in [0.717, 1.165) is 19.3 Å². The molecule has 1 aliphatic rings. The summed E-state index contributed by atoms with van der Waals surface area (Å²) in [5.41, 5.74) is 2.00. The fourth-order valence-corrected chi connectivity index (χ4v) is 3.22. The summed E-state index contributed by atoms with van der Waals surface area (Å²) in [6, 6.07) is 8.61. The smallest absolute Gasteiger partial charge is 0.244 e. The van der Waals surface area contributed by atoms with Crippen molar-refractivity contribution in [3.8, 4) is 0 Å². The molecule has 2 rings (SSSR count). The van der Waals surface area contributed by atoms with Gasteiger partial charge in [-0.2, -0.15) is 0 Å². The van der Waals surface area contributed by atoms with Crippen molar-refractivity contribution in [1.29, 1.82) is 0 Å². The lowest BCUT2D eigenvalue weighted by atomic mass is 9.99. The van der Waals surface area contributed by atoms with Gasteiger partial charge in [0, 0.05) is 6.04 Å². The minimum absolute atomic E-state index is 0.00907. The third-order valence-corrected chi connectivity index (χ3v) is 4.81. The molecule has 3 unspecified atom stereocenters. The maximum atomic E-state index is 12.9. The maximum absolute atomic E-state index is 12.9. The van der Waals surface area contributed by atoms with Crippen LogP contribution < -0.4 is 5.32 Å². The van der Waals surface area contributed by atoms with Gasteiger partial charge >= 0.3 is 0 Å². The lowest BCUT2D eigenvalue weighted by Crippen LogP contribution is -2.44. The number of carbonyl (C=O) groups is 1. The number of hydrogen-bond donors (Lipinski definition) is 1. The van der Waals surface area contributed by atoms with Crippen LogP contribution in [0.1, 0.15) is 64.3 Å². The summed E-state index contributed by atoms with van der Waals surface area (Å²) >= 11 is 0. The van der Waals surface area contributed by atoms with Crippen molar-refractivity contribution in [2.45, 2.75) is 71.6 Å². The number of benzene rings is 1. The predicted molar refractivity (Wildman–Crippen MR) is 87.0 cm³/mol. The lowest BCUT2D eigenvalue weighted by Gasteiger charge is -2.31. The first-order valence-electron chi connectivity index (χ1n) is 8.10. The molecule has 1 heterocycles. The fraction of sp³-hybridized carbons (Fsp3) is 0.611. The van der Waals surface area contributed by atoms with Crippen LogP contribution in [0.5, 0.6) is 0 Å². The van der Waals surface area contributed by atoms with Crippen LogP contribution in [0.2, 0.25) is 0 Å². The van der Waals surface area contributed by atoms with Gasteiger partial charge in [0.15, 0.2) is 0 Å². The molecule has 0 aromatic heterocycles. The molecule has 1 fully saturated rings. The molecule has 0 bridgehead atoms. The van der Waals surface area contributed by atoms with Crippen LogP contribution >= 0.6 is 0 Å². The van der Waals surface area contributed by atoms with E-state index in [0.29, 0.717) is 0 Å². The van der Waals surface area contributed by atoms with Crippen LogP contribution in [0, 0.1) is 6.92 Å². The van der Waals surface area contributed by atoms with Crippen molar-refractivity contribution in [3.63, 3.8) is 0 Å². The first-order valence-corrected chi connectivity index (χ1v) is 8.10. The van der Waals surface area contributed by atoms with Gasteiger partial charge in [0.25, 0.3) is 0 Å². The van der Waals surface area contributed by atoms with Gasteiger partial charge in [-0.3, -0.25) is 10.1 Å². The number of nitrogens with one attached hydrogen (secondary N) is 1. The number of rotatable bonds is 5. The van der Waals surface area contributed by atoms with Gasteiger partial charge in [-0.25, -0.2) is 0 Å². The standard InChI is InChI=1S/C18H28N2O/c1-6-10-14(4)20-16(15-12-9-8-11-13(15)3)19-18(5,7-2)17(20)21/h8-9,11-12,14,16,19H,6-7,10H2,1-5H3. The van der Waals surface area contributed by atoms with E-state index in [1.165, 1.54) is 11.1 Å². The van der Waals surface area contributed by atoms with E-state index in [1.54, 1.807) is 0 Å². The SMILES string of the molecule is CCCC(C)N1C(=O)C(C)(CC)NC1c1ccccc1C. The van der Waals surface area contributed by atoms with Crippen molar-refractivity contribution in [2.75, 3.05) is 0 Å². The molecule has 1 aromatic rings. The average molecular weight is 288 g/mol. The molecular weight excluding hydrogens is 260 g/mol. The molecule has 0 aliphatic carbocycles. The predicted octanol–water partition coefficient (Wildman–Crippen LogP) is 3.78.